The molecule has 4 rings (SSSR count). The smallest absolute Gasteiger partial charge is 0.191 e. The fourth-order valence-electron chi connectivity index (χ4n) is 6.71. The zero-order valence-electron chi connectivity index (χ0n) is 19.4. The van der Waals surface area contributed by atoms with E-state index in [4.69, 9.17) is 0 Å². The first-order valence-electron chi connectivity index (χ1n) is 12.2. The lowest BCUT2D eigenvalue weighted by atomic mass is 9.60. The first kappa shape index (κ1) is 23.6. The van der Waals surface area contributed by atoms with E-state index < -0.39 is 12.2 Å². The number of carbonyl (C=O) groups excluding carboxylic acids is 1. The van der Waals surface area contributed by atoms with Crippen LogP contribution in [0.25, 0.3) is 0 Å². The number of thiazole rings is 1. The molecule has 0 amide bonds. The van der Waals surface area contributed by atoms with Crippen LogP contribution in [0.5, 0.6) is 0 Å². The van der Waals surface area contributed by atoms with E-state index in [0.29, 0.717) is 42.0 Å². The highest BCUT2D eigenvalue weighted by atomic mass is 32.1. The Balaban J connectivity index is 1.44. The summed E-state index contributed by atoms with van der Waals surface area (Å²) in [6.45, 7) is 8.86. The molecule has 2 N–H and O–H groups in total. The quantitative estimate of drug-likeness (QED) is 0.525. The van der Waals surface area contributed by atoms with Gasteiger partial charge in [-0.1, -0.05) is 38.2 Å². The number of aliphatic hydroxyl groups excluding tert-OH is 2. The fourth-order valence-corrected chi connectivity index (χ4v) is 7.31. The van der Waals surface area contributed by atoms with E-state index in [1.54, 1.807) is 6.20 Å². The molecule has 0 radical (unpaired) electrons. The summed E-state index contributed by atoms with van der Waals surface area (Å²) in [5.74, 6) is 1.93. The molecule has 3 saturated carbocycles. The van der Waals surface area contributed by atoms with Crippen LogP contribution in [0.15, 0.2) is 47.0 Å². The maximum Gasteiger partial charge on any atom is 0.191 e. The lowest BCUT2D eigenvalue weighted by Gasteiger charge is -2.44. The van der Waals surface area contributed by atoms with Crippen LogP contribution < -0.4 is 0 Å². The molecule has 174 valence electrons. The molecular weight excluding hydrogens is 418 g/mol. The van der Waals surface area contributed by atoms with Gasteiger partial charge >= 0.3 is 0 Å². The van der Waals surface area contributed by atoms with Gasteiger partial charge in [-0.25, -0.2) is 4.98 Å². The molecule has 6 atom stereocenters. The summed E-state index contributed by atoms with van der Waals surface area (Å²) in [6, 6.07) is 0. The number of fused-ring (bicyclic) bond motifs is 1. The average molecular weight is 456 g/mol. The average Bonchev–Trinajstić information content (AvgIpc) is 3.41. The van der Waals surface area contributed by atoms with Gasteiger partial charge in [-0.05, 0) is 79.3 Å². The van der Waals surface area contributed by atoms with Crippen LogP contribution in [-0.2, 0) is 0 Å². The topological polar surface area (TPSA) is 70.4 Å². The summed E-state index contributed by atoms with van der Waals surface area (Å²) in [7, 11) is 0. The van der Waals surface area contributed by atoms with Crippen LogP contribution in [0, 0.1) is 23.2 Å². The molecule has 1 aromatic rings. The molecule has 1 aromatic heterocycles. The number of aromatic nitrogens is 1. The van der Waals surface area contributed by atoms with Gasteiger partial charge in [-0.3, -0.25) is 4.79 Å². The molecule has 32 heavy (non-hydrogen) atoms. The van der Waals surface area contributed by atoms with Gasteiger partial charge < -0.3 is 10.2 Å². The number of allylic oxidation sites excluding steroid dienone is 3. The Morgan fingerprint density at radius 1 is 1.38 bits per heavy atom. The number of Topliss-reactive ketones (excluding diaryl/α,β-unsaturated/α-hetero) is 1. The van der Waals surface area contributed by atoms with Crippen LogP contribution in [0.3, 0.4) is 0 Å². The molecule has 0 bridgehead atoms. The molecular formula is C27H37NO3S. The van der Waals surface area contributed by atoms with Gasteiger partial charge in [-0.2, -0.15) is 0 Å². The van der Waals surface area contributed by atoms with E-state index in [9.17, 15) is 15.0 Å². The lowest BCUT2D eigenvalue weighted by Crippen LogP contribution is -2.36. The Morgan fingerprint density at radius 3 is 2.94 bits per heavy atom. The van der Waals surface area contributed by atoms with E-state index in [0.717, 1.165) is 24.0 Å². The Kier molecular flexibility index (Phi) is 7.18. The Hall–Kier alpha value is -1.56. The van der Waals surface area contributed by atoms with Crippen molar-refractivity contribution in [3.8, 4) is 0 Å². The van der Waals surface area contributed by atoms with Crippen LogP contribution in [0.2, 0.25) is 0 Å². The Labute approximate surface area is 196 Å². The van der Waals surface area contributed by atoms with Crippen molar-refractivity contribution in [3.05, 3.63) is 52.0 Å². The van der Waals surface area contributed by atoms with E-state index >= 15 is 0 Å². The predicted molar refractivity (Wildman–Crippen MR) is 130 cm³/mol. The molecule has 0 aliphatic heterocycles. The standard InChI is InChI=1S/C27H37NO3S/c1-17(6-11-24(30)26-28-13-14-32-26)22-9-10-23-19(5-4-12-27(22,23)3)7-8-20-15-21(29)16-25(31)18(20)2/h7-8,13-14,17,21-23,25,29,31H,2,4-6,9-12,15-16H2,1,3H3/t17-,21-,22-,23+,25+,27-/m1/s1. The number of aliphatic hydroxyl groups is 2. The number of nitrogens with zero attached hydrogens (tertiary/aromatic N) is 1. The third-order valence-corrected chi connectivity index (χ3v) is 9.30. The molecule has 4 nitrogen and oxygen atoms in total. The third kappa shape index (κ3) is 4.71. The summed E-state index contributed by atoms with van der Waals surface area (Å²) in [4.78, 5) is 16.6. The van der Waals surface area contributed by atoms with E-state index in [1.807, 2.05) is 5.38 Å². The first-order chi connectivity index (χ1) is 15.3. The normalized spacial score (nSPS) is 36.4. The Bertz CT molecular complexity index is 902. The van der Waals surface area contributed by atoms with Crippen molar-refractivity contribution in [2.24, 2.45) is 23.2 Å². The van der Waals surface area contributed by atoms with Crippen molar-refractivity contribution in [2.75, 3.05) is 0 Å². The van der Waals surface area contributed by atoms with Gasteiger partial charge in [0.1, 0.15) is 0 Å². The van der Waals surface area contributed by atoms with E-state index in [-0.39, 0.29) is 11.2 Å². The molecule has 3 aliphatic rings. The van der Waals surface area contributed by atoms with Gasteiger partial charge in [0.2, 0.25) is 0 Å². The van der Waals surface area contributed by atoms with E-state index in [2.05, 4.69) is 37.6 Å². The van der Waals surface area contributed by atoms with Gasteiger partial charge in [0.25, 0.3) is 0 Å². The molecule has 1 heterocycles. The second-order valence-electron chi connectivity index (χ2n) is 10.4. The number of carbonyl (C=O) groups is 1. The highest BCUT2D eigenvalue weighted by Crippen LogP contribution is 2.59. The van der Waals surface area contributed by atoms with Gasteiger partial charge in [0, 0.05) is 24.4 Å². The number of ketones is 1. The zero-order valence-corrected chi connectivity index (χ0v) is 20.2. The third-order valence-electron chi connectivity index (χ3n) is 8.49. The van der Waals surface area contributed by atoms with Crippen molar-refractivity contribution >= 4 is 17.1 Å². The molecule has 0 saturated heterocycles. The highest BCUT2D eigenvalue weighted by Gasteiger charge is 2.50. The monoisotopic (exact) mass is 455 g/mol. The van der Waals surface area contributed by atoms with Crippen molar-refractivity contribution < 1.29 is 15.0 Å². The maximum absolute atomic E-state index is 12.4. The molecule has 0 spiro atoms. The van der Waals surface area contributed by atoms with Gasteiger partial charge in [-0.15, -0.1) is 11.3 Å². The van der Waals surface area contributed by atoms with E-state index in [1.165, 1.54) is 42.6 Å². The van der Waals surface area contributed by atoms with Gasteiger partial charge in [0.05, 0.1) is 12.2 Å². The lowest BCUT2D eigenvalue weighted by molar-refractivity contribution is 0.0854. The number of hydrogen-bond donors (Lipinski definition) is 2. The second-order valence-corrected chi connectivity index (χ2v) is 11.3. The van der Waals surface area contributed by atoms with Crippen molar-refractivity contribution in [1.29, 1.82) is 0 Å². The highest BCUT2D eigenvalue weighted by molar-refractivity contribution is 7.11. The van der Waals surface area contributed by atoms with Crippen LogP contribution in [-0.4, -0.2) is 33.2 Å². The van der Waals surface area contributed by atoms with Crippen molar-refractivity contribution in [3.63, 3.8) is 0 Å². The van der Waals surface area contributed by atoms with Crippen molar-refractivity contribution in [1.82, 2.24) is 4.98 Å². The fraction of sp³-hybridized carbons (Fsp3) is 0.630. The summed E-state index contributed by atoms with van der Waals surface area (Å²) in [6.07, 6.45) is 13.5. The molecule has 5 heteroatoms. The van der Waals surface area contributed by atoms with Crippen molar-refractivity contribution in [2.45, 2.75) is 83.8 Å². The second kappa shape index (κ2) is 9.74. The SMILES string of the molecule is C=C1C(=CC=C2CCC[C@]3(C)[C@@H]([C@H](C)CCC(=O)c4nccs4)CC[C@@H]23)C[C@@H](O)C[C@@H]1O. The van der Waals surface area contributed by atoms with Crippen LogP contribution >= 0.6 is 11.3 Å². The summed E-state index contributed by atoms with van der Waals surface area (Å²) < 4.78 is 0. The summed E-state index contributed by atoms with van der Waals surface area (Å²) in [5, 5.41) is 22.7. The minimum absolute atomic E-state index is 0.180. The zero-order chi connectivity index (χ0) is 22.9. The van der Waals surface area contributed by atoms with Crippen LogP contribution in [0.4, 0.5) is 0 Å². The molecule has 3 aliphatic carbocycles. The predicted octanol–water partition coefficient (Wildman–Crippen LogP) is 5.88. The largest absolute Gasteiger partial charge is 0.393 e. The Morgan fingerprint density at radius 2 is 2.19 bits per heavy atom. The molecule has 0 aromatic carbocycles. The summed E-state index contributed by atoms with van der Waals surface area (Å²) >= 11 is 1.44. The van der Waals surface area contributed by atoms with Gasteiger partial charge in [0.15, 0.2) is 10.8 Å². The summed E-state index contributed by atoms with van der Waals surface area (Å²) in [5.41, 5.74) is 3.55. The minimum Gasteiger partial charge on any atom is -0.393 e. The maximum atomic E-state index is 12.4. The first-order valence-corrected chi connectivity index (χ1v) is 13.0. The minimum atomic E-state index is -0.635. The number of hydrogen-bond acceptors (Lipinski definition) is 5. The van der Waals surface area contributed by atoms with Crippen LogP contribution in [0.1, 0.15) is 81.4 Å². The molecule has 0 unspecified atom stereocenters. The molecule has 3 fully saturated rings. The number of rotatable bonds is 6.